The SMILES string of the molecule is COc1ccc(-c2cc(C(=O)N3CCCCCCCN(C(C)=O)c4ccccc4C3)n(C)n2)cc1. The first kappa shape index (κ1) is 24.5. The first-order chi connectivity index (χ1) is 17.0. The molecule has 7 heteroatoms. The number of aromatic nitrogens is 2. The molecule has 0 unspecified atom stereocenters. The maximum atomic E-state index is 13.8. The zero-order valence-corrected chi connectivity index (χ0v) is 20.9. The summed E-state index contributed by atoms with van der Waals surface area (Å²) in [5.41, 5.74) is 4.09. The summed E-state index contributed by atoms with van der Waals surface area (Å²) in [4.78, 5) is 30.0. The van der Waals surface area contributed by atoms with Crippen LogP contribution in [0, 0.1) is 0 Å². The molecule has 0 aliphatic carbocycles. The third-order valence-corrected chi connectivity index (χ3v) is 6.61. The van der Waals surface area contributed by atoms with Gasteiger partial charge in [-0.1, -0.05) is 37.5 Å². The minimum absolute atomic E-state index is 0.0307. The van der Waals surface area contributed by atoms with Gasteiger partial charge in [0.05, 0.1) is 12.8 Å². The van der Waals surface area contributed by atoms with Gasteiger partial charge in [-0.3, -0.25) is 14.3 Å². The van der Waals surface area contributed by atoms with Crippen LogP contribution in [0.25, 0.3) is 11.3 Å². The largest absolute Gasteiger partial charge is 0.497 e. The average molecular weight is 475 g/mol. The van der Waals surface area contributed by atoms with Crippen molar-refractivity contribution in [2.24, 2.45) is 7.05 Å². The predicted molar refractivity (Wildman–Crippen MR) is 137 cm³/mol. The number of hydrogen-bond donors (Lipinski definition) is 0. The molecule has 0 saturated carbocycles. The molecular weight excluding hydrogens is 440 g/mol. The van der Waals surface area contributed by atoms with Crippen molar-refractivity contribution in [3.63, 3.8) is 0 Å². The summed E-state index contributed by atoms with van der Waals surface area (Å²) in [6.07, 6.45) is 5.18. The minimum atomic E-state index is -0.0546. The average Bonchev–Trinajstić information content (AvgIpc) is 3.25. The van der Waals surface area contributed by atoms with Crippen LogP contribution in [0.2, 0.25) is 0 Å². The predicted octanol–water partition coefficient (Wildman–Crippen LogP) is 5.06. The molecule has 2 aromatic carbocycles. The Hall–Kier alpha value is -3.61. The van der Waals surface area contributed by atoms with Gasteiger partial charge in [0, 0.05) is 44.9 Å². The van der Waals surface area contributed by atoms with Gasteiger partial charge in [-0.05, 0) is 54.8 Å². The quantitative estimate of drug-likeness (QED) is 0.532. The lowest BCUT2D eigenvalue weighted by Gasteiger charge is -2.28. The van der Waals surface area contributed by atoms with E-state index in [0.29, 0.717) is 25.3 Å². The summed E-state index contributed by atoms with van der Waals surface area (Å²) in [7, 11) is 3.44. The lowest BCUT2D eigenvalue weighted by atomic mass is 10.1. The van der Waals surface area contributed by atoms with Crippen molar-refractivity contribution in [1.29, 1.82) is 0 Å². The number of benzene rings is 2. The fraction of sp³-hybridized carbons (Fsp3) is 0.393. The first-order valence-corrected chi connectivity index (χ1v) is 12.3. The van der Waals surface area contributed by atoms with Crippen LogP contribution in [-0.4, -0.2) is 46.7 Å². The molecule has 184 valence electrons. The Morgan fingerprint density at radius 1 is 0.914 bits per heavy atom. The number of para-hydroxylation sites is 1. The summed E-state index contributed by atoms with van der Waals surface area (Å²) >= 11 is 0. The van der Waals surface area contributed by atoms with Crippen LogP contribution in [0.4, 0.5) is 5.69 Å². The number of aryl methyl sites for hydroxylation is 1. The number of carbonyl (C=O) groups is 2. The Bertz CT molecular complexity index is 1170. The van der Waals surface area contributed by atoms with E-state index in [0.717, 1.165) is 60.4 Å². The summed E-state index contributed by atoms with van der Waals surface area (Å²) in [5, 5.41) is 4.61. The Labute approximate surface area is 207 Å². The summed E-state index contributed by atoms with van der Waals surface area (Å²) in [5.74, 6) is 0.753. The van der Waals surface area contributed by atoms with Crippen LogP contribution in [0.5, 0.6) is 5.75 Å². The smallest absolute Gasteiger partial charge is 0.272 e. The second-order valence-corrected chi connectivity index (χ2v) is 9.06. The van der Waals surface area contributed by atoms with Crippen LogP contribution in [0.3, 0.4) is 0 Å². The van der Waals surface area contributed by atoms with Gasteiger partial charge in [-0.2, -0.15) is 5.10 Å². The van der Waals surface area contributed by atoms with Crippen LogP contribution in [-0.2, 0) is 18.4 Å². The molecule has 2 heterocycles. The minimum Gasteiger partial charge on any atom is -0.497 e. The number of methoxy groups -OCH3 is 1. The highest BCUT2D eigenvalue weighted by Crippen LogP contribution is 2.26. The highest BCUT2D eigenvalue weighted by atomic mass is 16.5. The van der Waals surface area contributed by atoms with E-state index < -0.39 is 0 Å². The van der Waals surface area contributed by atoms with Gasteiger partial charge < -0.3 is 14.5 Å². The van der Waals surface area contributed by atoms with Gasteiger partial charge in [0.1, 0.15) is 11.4 Å². The fourth-order valence-electron chi connectivity index (χ4n) is 4.65. The Morgan fingerprint density at radius 3 is 2.31 bits per heavy atom. The molecule has 1 aliphatic rings. The monoisotopic (exact) mass is 474 g/mol. The molecule has 4 rings (SSSR count). The van der Waals surface area contributed by atoms with Gasteiger partial charge in [-0.15, -0.1) is 0 Å². The molecular formula is C28H34N4O3. The number of carbonyl (C=O) groups excluding carboxylic acids is 2. The fourth-order valence-corrected chi connectivity index (χ4v) is 4.65. The van der Waals surface area contributed by atoms with E-state index in [1.807, 2.05) is 71.4 Å². The van der Waals surface area contributed by atoms with E-state index in [2.05, 4.69) is 5.10 Å². The van der Waals surface area contributed by atoms with Crippen molar-refractivity contribution >= 4 is 17.5 Å². The zero-order chi connectivity index (χ0) is 24.8. The van der Waals surface area contributed by atoms with E-state index >= 15 is 0 Å². The number of anilines is 1. The topological polar surface area (TPSA) is 67.7 Å². The van der Waals surface area contributed by atoms with Crippen LogP contribution >= 0.6 is 0 Å². The van der Waals surface area contributed by atoms with Gasteiger partial charge in [0.15, 0.2) is 0 Å². The van der Waals surface area contributed by atoms with E-state index in [4.69, 9.17) is 4.74 Å². The van der Waals surface area contributed by atoms with Crippen LogP contribution in [0.15, 0.2) is 54.6 Å². The number of nitrogens with zero attached hydrogens (tertiary/aromatic N) is 4. The van der Waals surface area contributed by atoms with Gasteiger partial charge in [-0.25, -0.2) is 0 Å². The molecule has 7 nitrogen and oxygen atoms in total. The molecule has 3 aromatic rings. The Morgan fingerprint density at radius 2 is 1.60 bits per heavy atom. The number of fused-ring (bicyclic) bond motifs is 1. The van der Waals surface area contributed by atoms with E-state index in [1.54, 1.807) is 18.7 Å². The molecule has 0 atom stereocenters. The van der Waals surface area contributed by atoms with Crippen molar-refractivity contribution in [2.75, 3.05) is 25.1 Å². The molecule has 35 heavy (non-hydrogen) atoms. The summed E-state index contributed by atoms with van der Waals surface area (Å²) in [6.45, 7) is 3.42. The van der Waals surface area contributed by atoms with Gasteiger partial charge >= 0.3 is 0 Å². The third-order valence-electron chi connectivity index (χ3n) is 6.61. The van der Waals surface area contributed by atoms with E-state index in [-0.39, 0.29) is 11.8 Å². The molecule has 0 bridgehead atoms. The maximum absolute atomic E-state index is 13.8. The lowest BCUT2D eigenvalue weighted by molar-refractivity contribution is -0.116. The first-order valence-electron chi connectivity index (χ1n) is 12.3. The van der Waals surface area contributed by atoms with Gasteiger partial charge in [0.2, 0.25) is 5.91 Å². The maximum Gasteiger partial charge on any atom is 0.272 e. The molecule has 0 spiro atoms. The number of hydrogen-bond acceptors (Lipinski definition) is 4. The highest BCUT2D eigenvalue weighted by molar-refractivity contribution is 5.94. The normalized spacial score (nSPS) is 15.1. The lowest BCUT2D eigenvalue weighted by Crippen LogP contribution is -2.35. The second kappa shape index (κ2) is 11.2. The van der Waals surface area contributed by atoms with Crippen molar-refractivity contribution in [3.05, 3.63) is 65.9 Å². The third kappa shape index (κ3) is 5.73. The van der Waals surface area contributed by atoms with Crippen molar-refractivity contribution < 1.29 is 14.3 Å². The van der Waals surface area contributed by atoms with E-state index in [1.165, 1.54) is 0 Å². The molecule has 0 N–H and O–H groups in total. The number of amides is 2. The van der Waals surface area contributed by atoms with Crippen LogP contribution in [0.1, 0.15) is 55.1 Å². The Kier molecular flexibility index (Phi) is 7.85. The van der Waals surface area contributed by atoms with Crippen molar-refractivity contribution in [3.8, 4) is 17.0 Å². The Balaban J connectivity index is 1.64. The number of ether oxygens (including phenoxy) is 1. The molecule has 1 aromatic heterocycles. The number of rotatable bonds is 3. The van der Waals surface area contributed by atoms with Crippen molar-refractivity contribution in [1.82, 2.24) is 14.7 Å². The van der Waals surface area contributed by atoms with Crippen molar-refractivity contribution in [2.45, 2.75) is 45.6 Å². The van der Waals surface area contributed by atoms with E-state index in [9.17, 15) is 9.59 Å². The molecule has 0 radical (unpaired) electrons. The highest BCUT2D eigenvalue weighted by Gasteiger charge is 2.24. The zero-order valence-electron chi connectivity index (χ0n) is 20.9. The van der Waals surface area contributed by atoms with Gasteiger partial charge in [0.25, 0.3) is 5.91 Å². The summed E-state index contributed by atoms with van der Waals surface area (Å²) in [6, 6.07) is 17.4. The molecule has 1 aliphatic heterocycles. The standard InChI is InChI=1S/C28H34N4O3/c1-21(33)32-18-10-6-4-5-9-17-31(20-23-11-7-8-12-26(23)32)28(34)27-19-25(29-30(27)2)22-13-15-24(35-3)16-14-22/h7-8,11-16,19H,4-6,9-10,17-18,20H2,1-3H3. The molecule has 2 amide bonds. The second-order valence-electron chi connectivity index (χ2n) is 9.06. The van der Waals surface area contributed by atoms with Crippen LogP contribution < -0.4 is 9.64 Å². The summed E-state index contributed by atoms with van der Waals surface area (Å²) < 4.78 is 6.91. The molecule has 0 saturated heterocycles. The molecule has 0 fully saturated rings.